The lowest BCUT2D eigenvalue weighted by Gasteiger charge is -2.35. The van der Waals surface area contributed by atoms with Crippen molar-refractivity contribution in [3.05, 3.63) is 45.5 Å². The summed E-state index contributed by atoms with van der Waals surface area (Å²) in [6.45, 7) is 3.67. The highest BCUT2D eigenvalue weighted by molar-refractivity contribution is 6.35. The van der Waals surface area contributed by atoms with Gasteiger partial charge in [-0.3, -0.25) is 10.1 Å². The molecule has 1 aliphatic heterocycles. The minimum atomic E-state index is -0.373. The molecule has 21 heavy (non-hydrogen) atoms. The summed E-state index contributed by atoms with van der Waals surface area (Å²) < 4.78 is 0. The lowest BCUT2D eigenvalue weighted by molar-refractivity contribution is -0.383. The Morgan fingerprint density at radius 2 is 1.76 bits per heavy atom. The van der Waals surface area contributed by atoms with Crippen molar-refractivity contribution in [2.45, 2.75) is 0 Å². The highest BCUT2D eigenvalue weighted by Crippen LogP contribution is 2.40. The van der Waals surface area contributed by atoms with E-state index in [1.54, 1.807) is 6.07 Å². The molecule has 0 bridgehead atoms. The SMILES string of the molecule is CN1CCN(c2c(Cl)cc([N+](=O)[O-])c3ccccc23)CC1. The highest BCUT2D eigenvalue weighted by atomic mass is 35.5. The van der Waals surface area contributed by atoms with E-state index in [-0.39, 0.29) is 10.6 Å². The summed E-state index contributed by atoms with van der Waals surface area (Å²) in [5, 5.41) is 13.2. The molecule has 1 fully saturated rings. The summed E-state index contributed by atoms with van der Waals surface area (Å²) in [5.41, 5.74) is 0.972. The highest BCUT2D eigenvalue weighted by Gasteiger charge is 2.23. The van der Waals surface area contributed by atoms with E-state index < -0.39 is 0 Å². The number of nitro groups is 1. The van der Waals surface area contributed by atoms with Crippen LogP contribution in [0.15, 0.2) is 30.3 Å². The second kappa shape index (κ2) is 5.50. The van der Waals surface area contributed by atoms with Gasteiger partial charge in [-0.2, -0.15) is 0 Å². The minimum Gasteiger partial charge on any atom is -0.367 e. The van der Waals surface area contributed by atoms with Crippen LogP contribution in [0, 0.1) is 10.1 Å². The summed E-state index contributed by atoms with van der Waals surface area (Å²) in [6.07, 6.45) is 0. The van der Waals surface area contributed by atoms with Crippen LogP contribution >= 0.6 is 11.6 Å². The van der Waals surface area contributed by atoms with Crippen molar-refractivity contribution >= 4 is 33.7 Å². The zero-order valence-corrected chi connectivity index (χ0v) is 12.5. The Kier molecular flexibility index (Phi) is 3.69. The molecule has 0 unspecified atom stereocenters. The van der Waals surface area contributed by atoms with Gasteiger partial charge in [-0.15, -0.1) is 0 Å². The summed E-state index contributed by atoms with van der Waals surface area (Å²) in [7, 11) is 2.09. The molecule has 2 aromatic rings. The van der Waals surface area contributed by atoms with E-state index >= 15 is 0 Å². The number of halogens is 1. The Hall–Kier alpha value is -1.85. The lowest BCUT2D eigenvalue weighted by Crippen LogP contribution is -2.44. The standard InChI is InChI=1S/C15H16ClN3O2/c1-17-6-8-18(9-7-17)15-12-5-3-2-4-11(12)14(19(20)21)10-13(15)16/h2-5,10H,6-9H2,1H3. The first kappa shape index (κ1) is 14.1. The third kappa shape index (κ3) is 2.54. The maximum Gasteiger partial charge on any atom is 0.278 e. The molecule has 1 heterocycles. The zero-order chi connectivity index (χ0) is 15.0. The molecular formula is C15H16ClN3O2. The van der Waals surface area contributed by atoms with Gasteiger partial charge in [0, 0.05) is 37.6 Å². The maximum absolute atomic E-state index is 11.2. The number of anilines is 1. The number of nitrogens with zero attached hydrogens (tertiary/aromatic N) is 3. The number of piperazine rings is 1. The van der Waals surface area contributed by atoms with Gasteiger partial charge in [0.05, 0.1) is 21.0 Å². The van der Waals surface area contributed by atoms with Gasteiger partial charge in [-0.05, 0) is 13.1 Å². The summed E-state index contributed by atoms with van der Waals surface area (Å²) in [6, 6.07) is 8.86. The molecule has 0 spiro atoms. The van der Waals surface area contributed by atoms with Crippen LogP contribution in [-0.4, -0.2) is 43.0 Å². The fourth-order valence-electron chi connectivity index (χ4n) is 2.81. The van der Waals surface area contributed by atoms with E-state index in [0.29, 0.717) is 10.4 Å². The molecule has 1 saturated heterocycles. The van der Waals surface area contributed by atoms with E-state index in [1.807, 2.05) is 18.2 Å². The predicted molar refractivity (Wildman–Crippen MR) is 85.3 cm³/mol. The number of fused-ring (bicyclic) bond motifs is 1. The predicted octanol–water partition coefficient (Wildman–Crippen LogP) is 3.15. The van der Waals surface area contributed by atoms with E-state index in [4.69, 9.17) is 11.6 Å². The monoisotopic (exact) mass is 305 g/mol. The van der Waals surface area contributed by atoms with Crippen molar-refractivity contribution in [1.29, 1.82) is 0 Å². The van der Waals surface area contributed by atoms with Gasteiger partial charge in [0.15, 0.2) is 0 Å². The van der Waals surface area contributed by atoms with Crippen molar-refractivity contribution in [2.75, 3.05) is 38.1 Å². The van der Waals surface area contributed by atoms with Gasteiger partial charge in [0.2, 0.25) is 0 Å². The van der Waals surface area contributed by atoms with Gasteiger partial charge in [-0.25, -0.2) is 0 Å². The van der Waals surface area contributed by atoms with Crippen LogP contribution in [0.2, 0.25) is 5.02 Å². The molecular weight excluding hydrogens is 290 g/mol. The van der Waals surface area contributed by atoms with Crippen LogP contribution in [0.5, 0.6) is 0 Å². The molecule has 0 amide bonds. The second-order valence-corrected chi connectivity index (χ2v) is 5.73. The van der Waals surface area contributed by atoms with Crippen molar-refractivity contribution in [3.8, 4) is 0 Å². The second-order valence-electron chi connectivity index (χ2n) is 5.32. The molecule has 0 saturated carbocycles. The van der Waals surface area contributed by atoms with Gasteiger partial charge in [0.25, 0.3) is 5.69 Å². The number of hydrogen-bond acceptors (Lipinski definition) is 4. The molecule has 2 aromatic carbocycles. The van der Waals surface area contributed by atoms with Crippen LogP contribution in [-0.2, 0) is 0 Å². The molecule has 6 heteroatoms. The molecule has 1 aliphatic rings. The summed E-state index contributed by atoms with van der Waals surface area (Å²) in [4.78, 5) is 15.3. The Labute approximate surface area is 127 Å². The van der Waals surface area contributed by atoms with E-state index in [9.17, 15) is 10.1 Å². The first-order valence-corrected chi connectivity index (χ1v) is 7.25. The number of nitro benzene ring substituents is 1. The van der Waals surface area contributed by atoms with Gasteiger partial charge >= 0.3 is 0 Å². The van der Waals surface area contributed by atoms with Crippen LogP contribution in [0.25, 0.3) is 10.8 Å². The van der Waals surface area contributed by atoms with Crippen LogP contribution in [0.1, 0.15) is 0 Å². The largest absolute Gasteiger partial charge is 0.367 e. The fraction of sp³-hybridized carbons (Fsp3) is 0.333. The Bertz CT molecular complexity index is 697. The van der Waals surface area contributed by atoms with Gasteiger partial charge in [-0.1, -0.05) is 29.8 Å². The Morgan fingerprint density at radius 1 is 1.14 bits per heavy atom. The van der Waals surface area contributed by atoms with E-state index in [1.165, 1.54) is 6.07 Å². The minimum absolute atomic E-state index is 0.0634. The van der Waals surface area contributed by atoms with Gasteiger partial charge in [0.1, 0.15) is 0 Å². The summed E-state index contributed by atoms with van der Waals surface area (Å²) in [5.74, 6) is 0. The molecule has 3 rings (SSSR count). The van der Waals surface area contributed by atoms with E-state index in [0.717, 1.165) is 37.3 Å². The molecule has 0 atom stereocenters. The van der Waals surface area contributed by atoms with Crippen LogP contribution in [0.4, 0.5) is 11.4 Å². The molecule has 0 N–H and O–H groups in total. The zero-order valence-electron chi connectivity index (χ0n) is 11.8. The average Bonchev–Trinajstić information content (AvgIpc) is 2.47. The third-order valence-corrected chi connectivity index (χ3v) is 4.25. The lowest BCUT2D eigenvalue weighted by atomic mass is 10.1. The fourth-order valence-corrected chi connectivity index (χ4v) is 3.13. The molecule has 110 valence electrons. The van der Waals surface area contributed by atoms with Gasteiger partial charge < -0.3 is 9.80 Å². The Balaban J connectivity index is 2.17. The van der Waals surface area contributed by atoms with Crippen LogP contribution in [0.3, 0.4) is 0 Å². The first-order chi connectivity index (χ1) is 10.1. The number of benzene rings is 2. The number of non-ortho nitro benzene ring substituents is 1. The van der Waals surface area contributed by atoms with E-state index in [2.05, 4.69) is 16.8 Å². The van der Waals surface area contributed by atoms with Crippen LogP contribution < -0.4 is 4.90 Å². The topological polar surface area (TPSA) is 49.6 Å². The number of hydrogen-bond donors (Lipinski definition) is 0. The van der Waals surface area contributed by atoms with Crippen molar-refractivity contribution in [2.24, 2.45) is 0 Å². The summed E-state index contributed by atoms with van der Waals surface area (Å²) >= 11 is 6.36. The van der Waals surface area contributed by atoms with Crippen molar-refractivity contribution < 1.29 is 4.92 Å². The molecule has 5 nitrogen and oxygen atoms in total. The molecule has 0 aromatic heterocycles. The smallest absolute Gasteiger partial charge is 0.278 e. The first-order valence-electron chi connectivity index (χ1n) is 6.87. The maximum atomic E-state index is 11.2. The average molecular weight is 306 g/mol. The molecule has 0 aliphatic carbocycles. The third-order valence-electron chi connectivity index (χ3n) is 3.96. The van der Waals surface area contributed by atoms with Crippen molar-refractivity contribution in [3.63, 3.8) is 0 Å². The normalized spacial score (nSPS) is 16.4. The quantitative estimate of drug-likeness (QED) is 0.632. The Morgan fingerprint density at radius 3 is 2.38 bits per heavy atom. The number of rotatable bonds is 2. The number of likely N-dealkylation sites (N-methyl/N-ethyl adjacent to an activating group) is 1. The molecule has 0 radical (unpaired) electrons. The van der Waals surface area contributed by atoms with Crippen molar-refractivity contribution in [1.82, 2.24) is 4.90 Å².